The molecule has 166 valence electrons. The van der Waals surface area contributed by atoms with Crippen LogP contribution in [0.5, 0.6) is 11.5 Å². The van der Waals surface area contributed by atoms with E-state index >= 15 is 0 Å². The van der Waals surface area contributed by atoms with Crippen LogP contribution in [0.2, 0.25) is 0 Å². The van der Waals surface area contributed by atoms with E-state index in [-0.39, 0.29) is 24.2 Å². The molecule has 1 heterocycles. The van der Waals surface area contributed by atoms with Crippen molar-refractivity contribution < 1.29 is 19.4 Å². The molecule has 3 aromatic carbocycles. The highest BCUT2D eigenvalue weighted by molar-refractivity contribution is 6.19. The number of aromatic hydroxyl groups is 1. The predicted octanol–water partition coefficient (Wildman–Crippen LogP) is 4.10. The molecule has 1 amide bonds. The molecule has 0 radical (unpaired) electrons. The van der Waals surface area contributed by atoms with Crippen molar-refractivity contribution >= 4 is 23.6 Å². The Hall–Kier alpha value is -4.39. The van der Waals surface area contributed by atoms with Crippen LogP contribution >= 0.6 is 0 Å². The molecule has 0 spiro atoms. The number of benzene rings is 3. The zero-order valence-electron chi connectivity index (χ0n) is 18.0. The summed E-state index contributed by atoms with van der Waals surface area (Å²) in [6, 6.07) is 24.4. The van der Waals surface area contributed by atoms with Crippen molar-refractivity contribution in [2.24, 2.45) is 10.2 Å². The van der Waals surface area contributed by atoms with E-state index in [2.05, 4.69) is 15.5 Å². The van der Waals surface area contributed by atoms with E-state index in [1.54, 1.807) is 25.3 Å². The van der Waals surface area contributed by atoms with Crippen molar-refractivity contribution in [3.8, 4) is 11.5 Å². The number of amides is 1. The van der Waals surface area contributed by atoms with Gasteiger partial charge in [0.15, 0.2) is 6.61 Å². The Kier molecular flexibility index (Phi) is 6.80. The maximum Gasteiger partial charge on any atom is 0.261 e. The quantitative estimate of drug-likeness (QED) is 0.577. The van der Waals surface area contributed by atoms with Gasteiger partial charge in [-0.2, -0.15) is 5.10 Å². The lowest BCUT2D eigenvalue weighted by Gasteiger charge is -2.16. The fraction of sp³-hybridized carbons (Fsp3) is 0.115. The molecule has 0 aliphatic carbocycles. The van der Waals surface area contributed by atoms with Crippen molar-refractivity contribution in [3.05, 3.63) is 102 Å². The predicted molar refractivity (Wildman–Crippen MR) is 127 cm³/mol. The van der Waals surface area contributed by atoms with Crippen LogP contribution < -0.4 is 10.1 Å². The molecule has 2 N–H and O–H groups in total. The van der Waals surface area contributed by atoms with Crippen LogP contribution in [-0.4, -0.2) is 36.3 Å². The van der Waals surface area contributed by atoms with E-state index in [0.717, 1.165) is 16.8 Å². The van der Waals surface area contributed by atoms with Crippen LogP contribution in [0.1, 0.15) is 22.6 Å². The van der Waals surface area contributed by atoms with Gasteiger partial charge in [-0.05, 0) is 35.4 Å². The van der Waals surface area contributed by atoms with Gasteiger partial charge in [-0.25, -0.2) is 0 Å². The molecule has 1 atom stereocenters. The minimum absolute atomic E-state index is 0.0779. The Morgan fingerprint density at radius 3 is 2.48 bits per heavy atom. The van der Waals surface area contributed by atoms with Crippen molar-refractivity contribution in [2.45, 2.75) is 5.92 Å². The largest absolute Gasteiger partial charge is 0.507 e. The van der Waals surface area contributed by atoms with Crippen LogP contribution in [0, 0.1) is 0 Å². The molecule has 0 saturated carbocycles. The number of nitrogens with one attached hydrogen (secondary N) is 1. The second kappa shape index (κ2) is 10.3. The fourth-order valence-corrected chi connectivity index (χ4v) is 3.43. The van der Waals surface area contributed by atoms with E-state index in [4.69, 9.17) is 9.47 Å². The zero-order valence-corrected chi connectivity index (χ0v) is 18.0. The lowest BCUT2D eigenvalue weighted by atomic mass is 9.90. The number of phenolic OH excluding ortho intramolecular Hbond substituents is 1. The third kappa shape index (κ3) is 5.27. The molecule has 1 aliphatic heterocycles. The van der Waals surface area contributed by atoms with E-state index in [1.807, 2.05) is 60.7 Å². The monoisotopic (exact) mass is 441 g/mol. The maximum absolute atomic E-state index is 12.3. The second-order valence-electron chi connectivity index (χ2n) is 7.25. The Bertz CT molecular complexity index is 1200. The third-order valence-electron chi connectivity index (χ3n) is 5.07. The number of ether oxygens (including phenoxy) is 2. The first-order valence-electron chi connectivity index (χ1n) is 10.4. The smallest absolute Gasteiger partial charge is 0.261 e. The number of carbonyl (C=O) groups is 1. The highest BCUT2D eigenvalue weighted by Crippen LogP contribution is 2.28. The second-order valence-corrected chi connectivity index (χ2v) is 7.25. The summed E-state index contributed by atoms with van der Waals surface area (Å²) in [4.78, 5) is 12.3. The normalized spacial score (nSPS) is 15.1. The van der Waals surface area contributed by atoms with Gasteiger partial charge in [-0.1, -0.05) is 60.7 Å². The van der Waals surface area contributed by atoms with E-state index < -0.39 is 0 Å². The molecule has 0 aromatic heterocycles. The van der Waals surface area contributed by atoms with Gasteiger partial charge in [0.25, 0.3) is 5.91 Å². The summed E-state index contributed by atoms with van der Waals surface area (Å²) in [6.45, 7) is -0.228. The van der Waals surface area contributed by atoms with Gasteiger partial charge in [0.1, 0.15) is 17.4 Å². The van der Waals surface area contributed by atoms with Gasteiger partial charge in [0, 0.05) is 11.8 Å². The summed E-state index contributed by atoms with van der Waals surface area (Å²) in [5.41, 5.74) is 3.20. The number of rotatable bonds is 7. The summed E-state index contributed by atoms with van der Waals surface area (Å²) < 4.78 is 10.9. The SMILES string of the molecule is COc1ccc(O)c(/C=C/NC(=O)COC2=NN=C(c3ccccc3)C2c2ccccc2)c1. The van der Waals surface area contributed by atoms with Gasteiger partial charge in [-0.3, -0.25) is 4.79 Å². The standard InChI is InChI=1S/C26H23N3O4/c1-32-21-12-13-22(30)20(16-21)14-15-27-23(31)17-33-26-24(18-8-4-2-5-9-18)25(28-29-26)19-10-6-3-7-11-19/h2-16,24,30H,17H2,1H3,(H,27,31)/b15-14+. The Morgan fingerprint density at radius 1 is 1.03 bits per heavy atom. The van der Waals surface area contributed by atoms with Gasteiger partial charge in [0.2, 0.25) is 5.90 Å². The van der Waals surface area contributed by atoms with Crippen molar-refractivity contribution in [1.82, 2.24) is 5.32 Å². The molecule has 0 saturated heterocycles. The Morgan fingerprint density at radius 2 is 1.76 bits per heavy atom. The first kappa shape index (κ1) is 21.8. The molecular weight excluding hydrogens is 418 g/mol. The lowest BCUT2D eigenvalue weighted by molar-refractivity contribution is -0.122. The number of nitrogens with zero attached hydrogens (tertiary/aromatic N) is 2. The minimum atomic E-state index is -0.365. The van der Waals surface area contributed by atoms with Crippen LogP contribution in [0.4, 0.5) is 0 Å². The van der Waals surface area contributed by atoms with Crippen molar-refractivity contribution in [1.29, 1.82) is 0 Å². The molecule has 4 rings (SSSR count). The third-order valence-corrected chi connectivity index (χ3v) is 5.07. The number of hydrogen-bond acceptors (Lipinski definition) is 6. The first-order valence-corrected chi connectivity index (χ1v) is 10.4. The van der Waals surface area contributed by atoms with Gasteiger partial charge < -0.3 is 19.9 Å². The summed E-state index contributed by atoms with van der Waals surface area (Å²) in [5.74, 6) is 0.378. The van der Waals surface area contributed by atoms with Crippen LogP contribution in [-0.2, 0) is 9.53 Å². The fourth-order valence-electron chi connectivity index (χ4n) is 3.43. The average Bonchev–Trinajstić information content (AvgIpc) is 3.29. The molecule has 1 unspecified atom stereocenters. The van der Waals surface area contributed by atoms with Crippen molar-refractivity contribution in [3.63, 3.8) is 0 Å². The van der Waals surface area contributed by atoms with E-state index in [1.165, 1.54) is 12.3 Å². The summed E-state index contributed by atoms with van der Waals surface area (Å²) in [5, 5.41) is 21.1. The van der Waals surface area contributed by atoms with Gasteiger partial charge in [-0.15, -0.1) is 5.10 Å². The summed E-state index contributed by atoms with van der Waals surface area (Å²) >= 11 is 0. The molecule has 33 heavy (non-hydrogen) atoms. The molecular formula is C26H23N3O4. The molecule has 7 nitrogen and oxygen atoms in total. The number of methoxy groups -OCH3 is 1. The molecule has 3 aromatic rings. The zero-order chi connectivity index (χ0) is 23.0. The Balaban J connectivity index is 1.40. The van der Waals surface area contributed by atoms with Gasteiger partial charge >= 0.3 is 0 Å². The lowest BCUT2D eigenvalue weighted by Crippen LogP contribution is -2.28. The Labute approximate surface area is 191 Å². The summed E-state index contributed by atoms with van der Waals surface area (Å²) in [7, 11) is 1.54. The molecule has 0 bridgehead atoms. The number of carbonyl (C=O) groups excluding carboxylic acids is 1. The van der Waals surface area contributed by atoms with Crippen LogP contribution in [0.3, 0.4) is 0 Å². The van der Waals surface area contributed by atoms with Crippen LogP contribution in [0.25, 0.3) is 6.08 Å². The number of hydrogen-bond donors (Lipinski definition) is 2. The molecule has 0 fully saturated rings. The summed E-state index contributed by atoms with van der Waals surface area (Å²) in [6.07, 6.45) is 3.02. The maximum atomic E-state index is 12.3. The van der Waals surface area contributed by atoms with E-state index in [9.17, 15) is 9.90 Å². The average molecular weight is 441 g/mol. The van der Waals surface area contributed by atoms with Crippen molar-refractivity contribution in [2.75, 3.05) is 13.7 Å². The topological polar surface area (TPSA) is 92.5 Å². The molecule has 1 aliphatic rings. The van der Waals surface area contributed by atoms with E-state index in [0.29, 0.717) is 17.2 Å². The van der Waals surface area contributed by atoms with Gasteiger partial charge in [0.05, 0.1) is 12.8 Å². The molecule has 7 heteroatoms. The number of phenols is 1. The van der Waals surface area contributed by atoms with Crippen LogP contribution in [0.15, 0.2) is 95.3 Å². The highest BCUT2D eigenvalue weighted by atomic mass is 16.5. The minimum Gasteiger partial charge on any atom is -0.507 e. The first-order chi connectivity index (χ1) is 16.2. The highest BCUT2D eigenvalue weighted by Gasteiger charge is 2.31.